The molecule has 8 heavy (non-hydrogen) atoms. The highest BCUT2D eigenvalue weighted by Gasteiger charge is 1.97. The van der Waals surface area contributed by atoms with Crippen LogP contribution in [0.1, 0.15) is 6.92 Å². The second-order valence-corrected chi connectivity index (χ2v) is 1.24. The SMILES string of the molecule is C=CC(=O)O[C@@H](C)O. The summed E-state index contributed by atoms with van der Waals surface area (Å²) in [6.45, 7) is 4.48. The third kappa shape index (κ3) is 3.36. The Morgan fingerprint density at radius 3 is 2.62 bits per heavy atom. The molecule has 0 saturated heterocycles. The van der Waals surface area contributed by atoms with Crippen molar-refractivity contribution in [3.8, 4) is 0 Å². The number of carbonyl (C=O) groups is 1. The average molecular weight is 116 g/mol. The molecule has 46 valence electrons. The van der Waals surface area contributed by atoms with Gasteiger partial charge in [0.15, 0.2) is 6.29 Å². The topological polar surface area (TPSA) is 46.5 Å². The molecule has 0 unspecified atom stereocenters. The van der Waals surface area contributed by atoms with Crippen LogP contribution >= 0.6 is 0 Å². The van der Waals surface area contributed by atoms with Crippen LogP contribution in [0.2, 0.25) is 0 Å². The van der Waals surface area contributed by atoms with Gasteiger partial charge in [0, 0.05) is 6.08 Å². The van der Waals surface area contributed by atoms with Crippen molar-refractivity contribution in [3.63, 3.8) is 0 Å². The van der Waals surface area contributed by atoms with Crippen molar-refractivity contribution in [1.29, 1.82) is 0 Å². The largest absolute Gasteiger partial charge is 0.433 e. The molecule has 0 fully saturated rings. The molecule has 0 rings (SSSR count). The van der Waals surface area contributed by atoms with Gasteiger partial charge in [0.05, 0.1) is 0 Å². The highest BCUT2D eigenvalue weighted by Crippen LogP contribution is 1.84. The monoisotopic (exact) mass is 116 g/mol. The van der Waals surface area contributed by atoms with Gasteiger partial charge in [-0.3, -0.25) is 0 Å². The number of hydrogen-bond acceptors (Lipinski definition) is 3. The number of aliphatic hydroxyl groups excluding tert-OH is 1. The first-order valence-corrected chi connectivity index (χ1v) is 2.18. The summed E-state index contributed by atoms with van der Waals surface area (Å²) in [5.41, 5.74) is 0. The van der Waals surface area contributed by atoms with Crippen LogP contribution in [-0.2, 0) is 9.53 Å². The number of hydrogen-bond donors (Lipinski definition) is 1. The van der Waals surface area contributed by atoms with E-state index in [4.69, 9.17) is 5.11 Å². The van der Waals surface area contributed by atoms with E-state index >= 15 is 0 Å². The van der Waals surface area contributed by atoms with Crippen LogP contribution in [0.15, 0.2) is 12.7 Å². The molecule has 3 nitrogen and oxygen atoms in total. The normalized spacial score (nSPS) is 12.2. The van der Waals surface area contributed by atoms with E-state index in [0.717, 1.165) is 6.08 Å². The minimum absolute atomic E-state index is 0.611. The third-order valence-corrected chi connectivity index (χ3v) is 0.453. The van der Waals surface area contributed by atoms with Gasteiger partial charge in [0.25, 0.3) is 0 Å². The van der Waals surface area contributed by atoms with E-state index in [1.54, 1.807) is 0 Å². The predicted molar refractivity (Wildman–Crippen MR) is 28.0 cm³/mol. The van der Waals surface area contributed by atoms with Crippen molar-refractivity contribution < 1.29 is 14.6 Å². The summed E-state index contributed by atoms with van der Waals surface area (Å²) in [6, 6.07) is 0. The van der Waals surface area contributed by atoms with Gasteiger partial charge in [-0.15, -0.1) is 0 Å². The molecule has 0 saturated carbocycles. The first kappa shape index (κ1) is 7.17. The van der Waals surface area contributed by atoms with E-state index < -0.39 is 12.3 Å². The van der Waals surface area contributed by atoms with E-state index in [9.17, 15) is 4.79 Å². The molecule has 0 heterocycles. The summed E-state index contributed by atoms with van der Waals surface area (Å²) in [4.78, 5) is 10.1. The zero-order valence-corrected chi connectivity index (χ0v) is 4.63. The molecule has 1 N–H and O–H groups in total. The Bertz CT molecular complexity index is 95.8. The van der Waals surface area contributed by atoms with Crippen LogP contribution in [0.4, 0.5) is 0 Å². The second kappa shape index (κ2) is 3.21. The molecular weight excluding hydrogens is 108 g/mol. The van der Waals surface area contributed by atoms with Crippen molar-refractivity contribution in [1.82, 2.24) is 0 Å². The van der Waals surface area contributed by atoms with Crippen molar-refractivity contribution in [2.45, 2.75) is 13.2 Å². The minimum Gasteiger partial charge on any atom is -0.433 e. The van der Waals surface area contributed by atoms with Crippen LogP contribution in [0.25, 0.3) is 0 Å². The van der Waals surface area contributed by atoms with Gasteiger partial charge < -0.3 is 9.84 Å². The van der Waals surface area contributed by atoms with E-state index in [0.29, 0.717) is 0 Å². The molecule has 0 aromatic heterocycles. The first-order valence-electron chi connectivity index (χ1n) is 2.18. The summed E-state index contributed by atoms with van der Waals surface area (Å²) >= 11 is 0. The smallest absolute Gasteiger partial charge is 0.332 e. The van der Waals surface area contributed by atoms with Gasteiger partial charge in [-0.25, -0.2) is 4.79 Å². The molecule has 1 atom stereocenters. The van der Waals surface area contributed by atoms with Crippen LogP contribution in [0.5, 0.6) is 0 Å². The Hall–Kier alpha value is -0.830. The van der Waals surface area contributed by atoms with Crippen LogP contribution in [0.3, 0.4) is 0 Å². The summed E-state index contributed by atoms with van der Waals surface area (Å²) in [5.74, 6) is -0.611. The summed E-state index contributed by atoms with van der Waals surface area (Å²) in [6.07, 6.45) is -0.0484. The maximum Gasteiger partial charge on any atom is 0.332 e. The van der Waals surface area contributed by atoms with E-state index in [2.05, 4.69) is 11.3 Å². The lowest BCUT2D eigenvalue weighted by atomic mass is 10.6. The fourth-order valence-electron chi connectivity index (χ4n) is 0.216. The Morgan fingerprint density at radius 2 is 2.50 bits per heavy atom. The van der Waals surface area contributed by atoms with Crippen molar-refractivity contribution >= 4 is 5.97 Å². The van der Waals surface area contributed by atoms with Crippen LogP contribution in [0, 0.1) is 0 Å². The number of ether oxygens (including phenoxy) is 1. The highest BCUT2D eigenvalue weighted by molar-refractivity contribution is 5.81. The lowest BCUT2D eigenvalue weighted by molar-refractivity contribution is -0.158. The van der Waals surface area contributed by atoms with Crippen molar-refractivity contribution in [3.05, 3.63) is 12.7 Å². The number of aliphatic hydroxyl groups is 1. The summed E-state index contributed by atoms with van der Waals surface area (Å²) in [7, 11) is 0. The highest BCUT2D eigenvalue weighted by atomic mass is 16.6. The fourth-order valence-corrected chi connectivity index (χ4v) is 0.216. The maximum atomic E-state index is 10.1. The molecule has 0 aromatic rings. The molecule has 0 aromatic carbocycles. The zero-order chi connectivity index (χ0) is 6.57. The molecule has 0 amide bonds. The maximum absolute atomic E-state index is 10.1. The van der Waals surface area contributed by atoms with E-state index in [-0.39, 0.29) is 0 Å². The minimum atomic E-state index is -1.04. The summed E-state index contributed by atoms with van der Waals surface area (Å²) in [5, 5.41) is 8.36. The Kier molecular flexibility index (Phi) is 2.88. The molecular formula is C5H8O3. The Morgan fingerprint density at radius 1 is 2.00 bits per heavy atom. The molecule has 0 spiro atoms. The number of esters is 1. The fraction of sp³-hybridized carbons (Fsp3) is 0.400. The molecule has 0 bridgehead atoms. The van der Waals surface area contributed by atoms with E-state index in [1.165, 1.54) is 6.92 Å². The third-order valence-electron chi connectivity index (χ3n) is 0.453. The van der Waals surface area contributed by atoms with Crippen LogP contribution < -0.4 is 0 Å². The number of carbonyl (C=O) groups excluding carboxylic acids is 1. The molecule has 0 radical (unpaired) electrons. The predicted octanol–water partition coefficient (Wildman–Crippen LogP) is 0.0539. The lowest BCUT2D eigenvalue weighted by Gasteiger charge is -2.01. The standard InChI is InChI=1S/C5H8O3/c1-3-5(7)8-4(2)6/h3-4,6H,1H2,2H3/t4-/m0/s1. The van der Waals surface area contributed by atoms with Gasteiger partial charge >= 0.3 is 5.97 Å². The van der Waals surface area contributed by atoms with Gasteiger partial charge in [0.1, 0.15) is 0 Å². The Labute approximate surface area is 47.6 Å². The quantitative estimate of drug-likeness (QED) is 0.315. The zero-order valence-electron chi connectivity index (χ0n) is 4.63. The molecule has 3 heteroatoms. The second-order valence-electron chi connectivity index (χ2n) is 1.24. The first-order chi connectivity index (χ1) is 3.66. The average Bonchev–Trinajstić information content (AvgIpc) is 1.65. The van der Waals surface area contributed by atoms with Crippen molar-refractivity contribution in [2.75, 3.05) is 0 Å². The molecule has 0 aliphatic carbocycles. The summed E-state index contributed by atoms with van der Waals surface area (Å²) < 4.78 is 4.20. The van der Waals surface area contributed by atoms with Gasteiger partial charge in [-0.1, -0.05) is 6.58 Å². The Balaban J connectivity index is 3.39. The van der Waals surface area contributed by atoms with Gasteiger partial charge in [-0.2, -0.15) is 0 Å². The van der Waals surface area contributed by atoms with Gasteiger partial charge in [0.2, 0.25) is 0 Å². The van der Waals surface area contributed by atoms with Crippen molar-refractivity contribution in [2.24, 2.45) is 0 Å². The van der Waals surface area contributed by atoms with Crippen LogP contribution in [-0.4, -0.2) is 17.4 Å². The molecule has 0 aliphatic heterocycles. The lowest BCUT2D eigenvalue weighted by Crippen LogP contribution is -2.10. The number of rotatable bonds is 2. The van der Waals surface area contributed by atoms with E-state index in [1.807, 2.05) is 0 Å². The molecule has 0 aliphatic rings. The van der Waals surface area contributed by atoms with Gasteiger partial charge in [-0.05, 0) is 6.92 Å².